The summed E-state index contributed by atoms with van der Waals surface area (Å²) in [5.74, 6) is 2.41. The molecule has 0 atom stereocenters. The summed E-state index contributed by atoms with van der Waals surface area (Å²) in [5, 5.41) is 12.5. The van der Waals surface area contributed by atoms with E-state index in [1.807, 2.05) is 12.1 Å². The van der Waals surface area contributed by atoms with Crippen LogP contribution in [0.25, 0.3) is 0 Å². The number of anilines is 1. The number of rotatable bonds is 4. The molecule has 1 aromatic heterocycles. The maximum Gasteiger partial charge on any atom is 0.144 e. The van der Waals surface area contributed by atoms with Crippen LogP contribution in [0.2, 0.25) is 0 Å². The molecule has 0 aromatic carbocycles. The van der Waals surface area contributed by atoms with Gasteiger partial charge in [0, 0.05) is 12.2 Å². The van der Waals surface area contributed by atoms with Crippen LogP contribution in [-0.4, -0.2) is 11.0 Å². The van der Waals surface area contributed by atoms with E-state index in [4.69, 9.17) is 5.26 Å². The lowest BCUT2D eigenvalue weighted by molar-refractivity contribution is 0.565. The summed E-state index contributed by atoms with van der Waals surface area (Å²) in [7, 11) is 0. The van der Waals surface area contributed by atoms with Crippen LogP contribution in [0, 0.1) is 23.2 Å². The zero-order chi connectivity index (χ0) is 11.0. The van der Waals surface area contributed by atoms with Crippen molar-refractivity contribution >= 4 is 5.82 Å². The van der Waals surface area contributed by atoms with E-state index in [0.717, 1.165) is 17.7 Å². The van der Waals surface area contributed by atoms with E-state index in [-0.39, 0.29) is 0 Å². The van der Waals surface area contributed by atoms with Crippen LogP contribution in [0.4, 0.5) is 5.82 Å². The number of nitriles is 1. The van der Waals surface area contributed by atoms with Gasteiger partial charge in [-0.25, -0.2) is 4.98 Å². The molecule has 0 saturated heterocycles. The Hall–Kier alpha value is -1.56. The van der Waals surface area contributed by atoms with Gasteiger partial charge in [-0.15, -0.1) is 0 Å². The molecular weight excluding hydrogens is 198 g/mol. The molecule has 2 aliphatic carbocycles. The van der Waals surface area contributed by atoms with E-state index in [2.05, 4.69) is 16.4 Å². The summed E-state index contributed by atoms with van der Waals surface area (Å²) < 4.78 is 0. The average Bonchev–Trinajstić information content (AvgIpc) is 3.18. The lowest BCUT2D eigenvalue weighted by Crippen LogP contribution is -2.25. The van der Waals surface area contributed by atoms with Crippen LogP contribution < -0.4 is 5.32 Å². The van der Waals surface area contributed by atoms with E-state index in [1.54, 1.807) is 6.20 Å². The van der Waals surface area contributed by atoms with Crippen molar-refractivity contribution in [2.45, 2.75) is 31.7 Å². The largest absolute Gasteiger partial charge is 0.366 e. The topological polar surface area (TPSA) is 48.7 Å². The highest BCUT2D eigenvalue weighted by Gasteiger charge is 2.41. The number of hydrogen-bond donors (Lipinski definition) is 1. The Morgan fingerprint density at radius 3 is 2.56 bits per heavy atom. The molecule has 2 saturated carbocycles. The third-order valence-corrected chi connectivity index (χ3v) is 3.49. The monoisotopic (exact) mass is 213 g/mol. The molecule has 1 aromatic rings. The second-order valence-electron chi connectivity index (χ2n) is 4.86. The Labute approximate surface area is 95.5 Å². The van der Waals surface area contributed by atoms with E-state index in [1.165, 1.54) is 25.7 Å². The number of hydrogen-bond acceptors (Lipinski definition) is 3. The Morgan fingerprint density at radius 1 is 1.31 bits per heavy atom. The average molecular weight is 213 g/mol. The second kappa shape index (κ2) is 3.79. The molecule has 3 rings (SSSR count). The minimum atomic E-state index is 0.557. The maximum atomic E-state index is 9.01. The van der Waals surface area contributed by atoms with E-state index in [0.29, 0.717) is 11.6 Å². The Balaban J connectivity index is 1.79. The van der Waals surface area contributed by atoms with Crippen LogP contribution in [0.1, 0.15) is 31.2 Å². The summed E-state index contributed by atoms with van der Waals surface area (Å²) in [4.78, 5) is 4.28. The fourth-order valence-electron chi connectivity index (χ4n) is 2.30. The molecule has 0 spiro atoms. The molecule has 0 aliphatic heterocycles. The fraction of sp³-hybridized carbons (Fsp3) is 0.538. The Bertz CT molecular complexity index is 415. The third-order valence-electron chi connectivity index (χ3n) is 3.49. The Kier molecular flexibility index (Phi) is 2.28. The number of aromatic nitrogens is 1. The van der Waals surface area contributed by atoms with Gasteiger partial charge >= 0.3 is 0 Å². The van der Waals surface area contributed by atoms with Gasteiger partial charge in [0.25, 0.3) is 0 Å². The predicted molar refractivity (Wildman–Crippen MR) is 61.8 cm³/mol. The van der Waals surface area contributed by atoms with E-state index >= 15 is 0 Å². The van der Waals surface area contributed by atoms with Crippen LogP contribution in [-0.2, 0) is 0 Å². The molecule has 16 heavy (non-hydrogen) atoms. The van der Waals surface area contributed by atoms with Gasteiger partial charge in [-0.2, -0.15) is 5.26 Å². The lowest BCUT2D eigenvalue weighted by atomic mass is 10.1. The van der Waals surface area contributed by atoms with Gasteiger partial charge in [0.1, 0.15) is 11.9 Å². The smallest absolute Gasteiger partial charge is 0.144 e. The first-order chi connectivity index (χ1) is 7.88. The summed E-state index contributed by atoms with van der Waals surface area (Å²) >= 11 is 0. The molecule has 3 nitrogen and oxygen atoms in total. The molecule has 3 heteroatoms. The summed E-state index contributed by atoms with van der Waals surface area (Å²) in [6, 6.07) is 6.39. The molecule has 2 fully saturated rings. The van der Waals surface area contributed by atoms with E-state index in [9.17, 15) is 0 Å². The van der Waals surface area contributed by atoms with Gasteiger partial charge in [-0.3, -0.25) is 0 Å². The first kappa shape index (κ1) is 9.65. The molecule has 2 aliphatic rings. The molecule has 0 radical (unpaired) electrons. The van der Waals surface area contributed by atoms with Crippen LogP contribution in [0.5, 0.6) is 0 Å². The number of nitrogens with one attached hydrogen (secondary N) is 1. The highest BCUT2D eigenvalue weighted by atomic mass is 15.0. The molecule has 0 bridgehead atoms. The van der Waals surface area contributed by atoms with Crippen molar-refractivity contribution in [1.82, 2.24) is 4.98 Å². The summed E-state index contributed by atoms with van der Waals surface area (Å²) in [5.41, 5.74) is 0.661. The normalized spacial score (nSPS) is 19.5. The van der Waals surface area contributed by atoms with Crippen molar-refractivity contribution < 1.29 is 0 Å². The first-order valence-electron chi connectivity index (χ1n) is 6.00. The number of nitrogens with zero attached hydrogens (tertiary/aromatic N) is 2. The van der Waals surface area contributed by atoms with Crippen LogP contribution in [0.15, 0.2) is 18.3 Å². The molecule has 0 amide bonds. The highest BCUT2D eigenvalue weighted by molar-refractivity contribution is 5.52. The molecule has 1 N–H and O–H groups in total. The standard InChI is InChI=1S/C13H15N3/c14-8-11-2-1-7-15-13(11)16-12(9-3-4-9)10-5-6-10/h1-2,7,9-10,12H,3-6H2,(H,15,16). The van der Waals surface area contributed by atoms with Crippen molar-refractivity contribution in [2.24, 2.45) is 11.8 Å². The lowest BCUT2D eigenvalue weighted by Gasteiger charge is -2.18. The van der Waals surface area contributed by atoms with Crippen LogP contribution >= 0.6 is 0 Å². The van der Waals surface area contributed by atoms with Gasteiger partial charge in [0.15, 0.2) is 0 Å². The van der Waals surface area contributed by atoms with Crippen LogP contribution in [0.3, 0.4) is 0 Å². The predicted octanol–water partition coefficient (Wildman–Crippen LogP) is 2.55. The van der Waals surface area contributed by atoms with Gasteiger partial charge in [-0.05, 0) is 49.7 Å². The Morgan fingerprint density at radius 2 is 2.00 bits per heavy atom. The fourth-order valence-corrected chi connectivity index (χ4v) is 2.30. The van der Waals surface area contributed by atoms with E-state index < -0.39 is 0 Å². The molecule has 82 valence electrons. The molecule has 1 heterocycles. The number of pyridine rings is 1. The maximum absolute atomic E-state index is 9.01. The second-order valence-corrected chi connectivity index (χ2v) is 4.86. The van der Waals surface area contributed by atoms with Gasteiger partial charge in [0.05, 0.1) is 5.56 Å². The zero-order valence-corrected chi connectivity index (χ0v) is 9.19. The highest BCUT2D eigenvalue weighted by Crippen LogP contribution is 2.45. The van der Waals surface area contributed by atoms with Crippen molar-refractivity contribution in [1.29, 1.82) is 5.26 Å². The van der Waals surface area contributed by atoms with Crippen molar-refractivity contribution in [2.75, 3.05) is 5.32 Å². The molecule has 0 unspecified atom stereocenters. The van der Waals surface area contributed by atoms with Crippen molar-refractivity contribution in [3.8, 4) is 6.07 Å². The first-order valence-corrected chi connectivity index (χ1v) is 6.00. The molecular formula is C13H15N3. The third kappa shape index (κ3) is 1.88. The summed E-state index contributed by atoms with van der Waals surface area (Å²) in [6.45, 7) is 0. The quantitative estimate of drug-likeness (QED) is 0.836. The van der Waals surface area contributed by atoms with Gasteiger partial charge in [-0.1, -0.05) is 0 Å². The van der Waals surface area contributed by atoms with Crippen molar-refractivity contribution in [3.63, 3.8) is 0 Å². The SMILES string of the molecule is N#Cc1cccnc1NC(C1CC1)C1CC1. The zero-order valence-electron chi connectivity index (χ0n) is 9.19. The van der Waals surface area contributed by atoms with Gasteiger partial charge in [0.2, 0.25) is 0 Å². The minimum Gasteiger partial charge on any atom is -0.366 e. The van der Waals surface area contributed by atoms with Crippen molar-refractivity contribution in [3.05, 3.63) is 23.9 Å². The summed E-state index contributed by atoms with van der Waals surface area (Å²) in [6.07, 6.45) is 7.09. The van der Waals surface area contributed by atoms with Gasteiger partial charge < -0.3 is 5.32 Å². The minimum absolute atomic E-state index is 0.557.